The molecule has 0 radical (unpaired) electrons. The van der Waals surface area contributed by atoms with Crippen LogP contribution in [0, 0.1) is 0 Å². The molecule has 1 atom stereocenters. The molecular weight excluding hydrogens is 301 g/mol. The maximum atomic E-state index is 5.73. The summed E-state index contributed by atoms with van der Waals surface area (Å²) in [6, 6.07) is 3.92. The number of hydrogen-bond donors (Lipinski definition) is 1. The molecule has 0 saturated heterocycles. The fourth-order valence-corrected chi connectivity index (χ4v) is 1.52. The van der Waals surface area contributed by atoms with Crippen molar-refractivity contribution in [3.8, 4) is 0 Å². The molecule has 0 aliphatic rings. The lowest BCUT2D eigenvalue weighted by Crippen LogP contribution is -2.04. The first-order valence-corrected chi connectivity index (χ1v) is 4.86. The summed E-state index contributed by atoms with van der Waals surface area (Å²) in [7, 11) is 0. The first kappa shape index (κ1) is 14.7. The van der Waals surface area contributed by atoms with Gasteiger partial charge in [-0.3, -0.25) is 0 Å². The average Bonchev–Trinajstić information content (AvgIpc) is 2.46. The minimum Gasteiger partial charge on any atom is -0.323 e. The molecule has 2 N–H and O–H groups in total. The molecule has 15 heavy (non-hydrogen) atoms. The van der Waals surface area contributed by atoms with Crippen LogP contribution in [-0.2, 0) is 0 Å². The van der Waals surface area contributed by atoms with Crippen molar-refractivity contribution in [2.75, 3.05) is 0 Å². The third kappa shape index (κ3) is 3.08. The number of halogens is 3. The van der Waals surface area contributed by atoms with Crippen LogP contribution in [0.15, 0.2) is 29.0 Å². The monoisotopic (exact) mass is 311 g/mol. The Morgan fingerprint density at radius 2 is 2.13 bits per heavy atom. The molecule has 0 unspecified atom stereocenters. The Bertz CT molecular complexity index is 442. The SMILES string of the molecule is C[C@H](N)c1cn2ccc(Br)cc2n1.Cl.Cl. The molecule has 2 aromatic heterocycles. The molecule has 0 aromatic carbocycles. The van der Waals surface area contributed by atoms with Gasteiger partial charge in [0.05, 0.1) is 5.69 Å². The summed E-state index contributed by atoms with van der Waals surface area (Å²) in [6.07, 6.45) is 3.91. The lowest BCUT2D eigenvalue weighted by molar-refractivity contribution is 0.790. The fraction of sp³-hybridized carbons (Fsp3) is 0.222. The van der Waals surface area contributed by atoms with Gasteiger partial charge in [0.25, 0.3) is 0 Å². The van der Waals surface area contributed by atoms with Crippen LogP contribution < -0.4 is 5.73 Å². The highest BCUT2D eigenvalue weighted by molar-refractivity contribution is 9.10. The maximum absolute atomic E-state index is 5.73. The summed E-state index contributed by atoms with van der Waals surface area (Å²) in [5.41, 5.74) is 7.56. The van der Waals surface area contributed by atoms with E-state index < -0.39 is 0 Å². The third-order valence-electron chi connectivity index (χ3n) is 1.91. The second-order valence-corrected chi connectivity index (χ2v) is 3.98. The molecule has 84 valence electrons. The topological polar surface area (TPSA) is 43.3 Å². The molecule has 0 bridgehead atoms. The zero-order chi connectivity index (χ0) is 9.42. The molecule has 0 spiro atoms. The maximum Gasteiger partial charge on any atom is 0.138 e. The van der Waals surface area contributed by atoms with Gasteiger partial charge in [-0.1, -0.05) is 15.9 Å². The number of nitrogens with zero attached hydrogens (tertiary/aromatic N) is 2. The minimum absolute atomic E-state index is 0. The second kappa shape index (κ2) is 5.70. The molecule has 2 rings (SSSR count). The summed E-state index contributed by atoms with van der Waals surface area (Å²) >= 11 is 3.39. The van der Waals surface area contributed by atoms with E-state index in [1.54, 1.807) is 0 Å². The number of imidazole rings is 1. The van der Waals surface area contributed by atoms with Gasteiger partial charge in [0.1, 0.15) is 5.65 Å². The van der Waals surface area contributed by atoms with Gasteiger partial charge in [-0.2, -0.15) is 0 Å². The zero-order valence-electron chi connectivity index (χ0n) is 8.05. The van der Waals surface area contributed by atoms with Gasteiger partial charge in [0.2, 0.25) is 0 Å². The van der Waals surface area contributed by atoms with Crippen molar-refractivity contribution in [3.63, 3.8) is 0 Å². The Balaban J connectivity index is 0.000000980. The van der Waals surface area contributed by atoms with Crippen molar-refractivity contribution < 1.29 is 0 Å². The van der Waals surface area contributed by atoms with E-state index in [9.17, 15) is 0 Å². The van der Waals surface area contributed by atoms with E-state index in [4.69, 9.17) is 5.73 Å². The minimum atomic E-state index is -0.0151. The predicted octanol–water partition coefficient (Wildman–Crippen LogP) is 2.96. The highest BCUT2D eigenvalue weighted by Gasteiger charge is 2.04. The molecule has 0 amide bonds. The van der Waals surface area contributed by atoms with E-state index in [1.165, 1.54) is 0 Å². The van der Waals surface area contributed by atoms with Crippen molar-refractivity contribution in [1.29, 1.82) is 0 Å². The highest BCUT2D eigenvalue weighted by Crippen LogP contribution is 2.15. The first-order chi connectivity index (χ1) is 6.16. The quantitative estimate of drug-likeness (QED) is 0.879. The van der Waals surface area contributed by atoms with Crippen LogP contribution in [0.25, 0.3) is 5.65 Å². The van der Waals surface area contributed by atoms with Crippen LogP contribution in [0.2, 0.25) is 0 Å². The van der Waals surface area contributed by atoms with Crippen molar-refractivity contribution in [3.05, 3.63) is 34.7 Å². The van der Waals surface area contributed by atoms with Gasteiger partial charge in [-0.05, 0) is 19.1 Å². The smallest absolute Gasteiger partial charge is 0.138 e. The standard InChI is InChI=1S/C9H10BrN3.2ClH/c1-6(11)8-5-13-3-2-7(10)4-9(13)12-8;;/h2-6H,11H2,1H3;2*1H/t6-;;/m0../s1. The normalized spacial score (nSPS) is 11.7. The highest BCUT2D eigenvalue weighted by atomic mass is 79.9. The van der Waals surface area contributed by atoms with Crippen LogP contribution in [-0.4, -0.2) is 9.38 Å². The lowest BCUT2D eigenvalue weighted by Gasteiger charge is -1.95. The van der Waals surface area contributed by atoms with E-state index in [0.717, 1.165) is 15.8 Å². The zero-order valence-corrected chi connectivity index (χ0v) is 11.3. The summed E-state index contributed by atoms with van der Waals surface area (Å²) in [5.74, 6) is 0. The number of nitrogens with two attached hydrogens (primary N) is 1. The van der Waals surface area contributed by atoms with Gasteiger partial charge in [0, 0.05) is 22.9 Å². The van der Waals surface area contributed by atoms with Crippen molar-refractivity contribution >= 4 is 46.4 Å². The van der Waals surface area contributed by atoms with Gasteiger partial charge in [-0.15, -0.1) is 24.8 Å². The molecule has 0 aliphatic heterocycles. The number of pyridine rings is 1. The third-order valence-corrected chi connectivity index (χ3v) is 2.40. The first-order valence-electron chi connectivity index (χ1n) is 4.06. The number of rotatable bonds is 1. The van der Waals surface area contributed by atoms with Gasteiger partial charge >= 0.3 is 0 Å². The number of hydrogen-bond acceptors (Lipinski definition) is 2. The molecule has 3 nitrogen and oxygen atoms in total. The van der Waals surface area contributed by atoms with Crippen molar-refractivity contribution in [2.24, 2.45) is 5.73 Å². The van der Waals surface area contributed by atoms with E-state index in [0.29, 0.717) is 0 Å². The Labute approximate surface area is 109 Å². The van der Waals surface area contributed by atoms with Crippen molar-refractivity contribution in [1.82, 2.24) is 9.38 Å². The molecule has 2 heterocycles. The largest absolute Gasteiger partial charge is 0.323 e. The van der Waals surface area contributed by atoms with Crippen molar-refractivity contribution in [2.45, 2.75) is 13.0 Å². The van der Waals surface area contributed by atoms with E-state index in [1.807, 2.05) is 35.9 Å². The molecular formula is C9H12BrCl2N3. The van der Waals surface area contributed by atoms with E-state index >= 15 is 0 Å². The Hall–Kier alpha value is -0.290. The summed E-state index contributed by atoms with van der Waals surface area (Å²) in [6.45, 7) is 1.93. The predicted molar refractivity (Wildman–Crippen MR) is 70.0 cm³/mol. The van der Waals surface area contributed by atoms with Crippen LogP contribution >= 0.6 is 40.7 Å². The van der Waals surface area contributed by atoms with Gasteiger partial charge < -0.3 is 10.1 Å². The fourth-order valence-electron chi connectivity index (χ4n) is 1.20. The molecule has 0 aliphatic carbocycles. The van der Waals surface area contributed by atoms with Crippen LogP contribution in [0.3, 0.4) is 0 Å². The summed E-state index contributed by atoms with van der Waals surface area (Å²) in [4.78, 5) is 4.38. The van der Waals surface area contributed by atoms with Crippen LogP contribution in [0.1, 0.15) is 18.7 Å². The number of aromatic nitrogens is 2. The summed E-state index contributed by atoms with van der Waals surface area (Å²) < 4.78 is 2.99. The molecule has 0 saturated carbocycles. The molecule has 2 aromatic rings. The molecule has 6 heteroatoms. The lowest BCUT2D eigenvalue weighted by atomic mass is 10.3. The molecule has 0 fully saturated rings. The van der Waals surface area contributed by atoms with E-state index in [2.05, 4.69) is 20.9 Å². The Kier molecular flexibility index (Phi) is 5.59. The second-order valence-electron chi connectivity index (χ2n) is 3.06. The Morgan fingerprint density at radius 3 is 2.73 bits per heavy atom. The van der Waals surface area contributed by atoms with Gasteiger partial charge in [0.15, 0.2) is 0 Å². The van der Waals surface area contributed by atoms with Crippen LogP contribution in [0.5, 0.6) is 0 Å². The van der Waals surface area contributed by atoms with Gasteiger partial charge in [-0.25, -0.2) is 4.98 Å². The summed E-state index contributed by atoms with van der Waals surface area (Å²) in [5, 5.41) is 0. The Morgan fingerprint density at radius 1 is 1.47 bits per heavy atom. The van der Waals surface area contributed by atoms with E-state index in [-0.39, 0.29) is 30.9 Å². The van der Waals surface area contributed by atoms with Crippen LogP contribution in [0.4, 0.5) is 0 Å². The number of fused-ring (bicyclic) bond motifs is 1. The average molecular weight is 313 g/mol.